The van der Waals surface area contributed by atoms with E-state index in [1.54, 1.807) is 0 Å². The molecule has 1 amide bonds. The van der Waals surface area contributed by atoms with Crippen molar-refractivity contribution in [2.24, 2.45) is 5.92 Å². The Morgan fingerprint density at radius 1 is 1.23 bits per heavy atom. The lowest BCUT2D eigenvalue weighted by molar-refractivity contribution is -0.121. The molecular weight excluding hydrogens is 326 g/mol. The number of fused-ring (bicyclic) bond motifs is 1. The van der Waals surface area contributed by atoms with Crippen molar-refractivity contribution in [3.63, 3.8) is 0 Å². The molecular formula is C20H23N5O. The van der Waals surface area contributed by atoms with E-state index in [0.717, 1.165) is 53.6 Å². The van der Waals surface area contributed by atoms with E-state index in [-0.39, 0.29) is 11.8 Å². The number of aromatic nitrogens is 2. The molecule has 0 aliphatic carbocycles. The Kier molecular flexibility index (Phi) is 4.34. The predicted octanol–water partition coefficient (Wildman–Crippen LogP) is 3.09. The zero-order valence-corrected chi connectivity index (χ0v) is 14.8. The topological polar surface area (TPSA) is 87.0 Å². The van der Waals surface area contributed by atoms with Crippen LogP contribution in [0.15, 0.2) is 42.5 Å². The Labute approximate surface area is 152 Å². The molecule has 1 aliphatic heterocycles. The lowest BCUT2D eigenvalue weighted by atomic mass is 9.96. The van der Waals surface area contributed by atoms with Gasteiger partial charge in [-0.25, -0.2) is 0 Å². The Morgan fingerprint density at radius 3 is 2.77 bits per heavy atom. The van der Waals surface area contributed by atoms with E-state index in [0.29, 0.717) is 5.82 Å². The van der Waals surface area contributed by atoms with Gasteiger partial charge >= 0.3 is 0 Å². The molecule has 0 bridgehead atoms. The first-order chi connectivity index (χ1) is 12.6. The lowest BCUT2D eigenvalue weighted by Gasteiger charge is -2.27. The van der Waals surface area contributed by atoms with Crippen LogP contribution in [0.1, 0.15) is 12.8 Å². The summed E-state index contributed by atoms with van der Waals surface area (Å²) in [5.41, 5.74) is 9.70. The fourth-order valence-electron chi connectivity index (χ4n) is 3.53. The summed E-state index contributed by atoms with van der Waals surface area (Å²) in [7, 11) is 2.09. The second-order valence-corrected chi connectivity index (χ2v) is 6.99. The SMILES string of the molecule is CN1CCC(C(=O)Nc2n[nH]c3ccc(-c4ccccc4N)cc23)CC1. The number of aromatic amines is 1. The first-order valence-electron chi connectivity index (χ1n) is 8.94. The van der Waals surface area contributed by atoms with Crippen molar-refractivity contribution in [2.75, 3.05) is 31.2 Å². The zero-order valence-electron chi connectivity index (χ0n) is 14.8. The van der Waals surface area contributed by atoms with Gasteiger partial charge in [-0.3, -0.25) is 9.89 Å². The van der Waals surface area contributed by atoms with Crippen LogP contribution < -0.4 is 11.1 Å². The monoisotopic (exact) mass is 349 g/mol. The molecule has 6 heteroatoms. The molecule has 1 saturated heterocycles. The number of nitrogens with zero attached hydrogens (tertiary/aromatic N) is 2. The zero-order chi connectivity index (χ0) is 18.1. The van der Waals surface area contributed by atoms with Gasteiger partial charge in [0.05, 0.1) is 5.52 Å². The van der Waals surface area contributed by atoms with Crippen LogP contribution in [0.3, 0.4) is 0 Å². The average Bonchev–Trinajstić information content (AvgIpc) is 3.05. The lowest BCUT2D eigenvalue weighted by Crippen LogP contribution is -2.36. The van der Waals surface area contributed by atoms with Crippen LogP contribution in [0.4, 0.5) is 11.5 Å². The number of hydrogen-bond donors (Lipinski definition) is 3. The van der Waals surface area contributed by atoms with Crippen molar-refractivity contribution in [1.29, 1.82) is 0 Å². The van der Waals surface area contributed by atoms with Crippen molar-refractivity contribution in [2.45, 2.75) is 12.8 Å². The number of anilines is 2. The van der Waals surface area contributed by atoms with E-state index in [1.165, 1.54) is 0 Å². The maximum Gasteiger partial charge on any atom is 0.228 e. The third-order valence-electron chi connectivity index (χ3n) is 5.17. The number of piperidine rings is 1. The number of nitrogen functional groups attached to an aromatic ring is 1. The quantitative estimate of drug-likeness (QED) is 0.634. The average molecular weight is 349 g/mol. The van der Waals surface area contributed by atoms with Crippen LogP contribution in [0.2, 0.25) is 0 Å². The highest BCUT2D eigenvalue weighted by molar-refractivity contribution is 6.02. The summed E-state index contributed by atoms with van der Waals surface area (Å²) in [4.78, 5) is 14.9. The molecule has 0 spiro atoms. The number of para-hydroxylation sites is 1. The van der Waals surface area contributed by atoms with Crippen LogP contribution in [0.5, 0.6) is 0 Å². The highest BCUT2D eigenvalue weighted by Gasteiger charge is 2.24. The molecule has 1 fully saturated rings. The van der Waals surface area contributed by atoms with Crippen molar-refractivity contribution in [1.82, 2.24) is 15.1 Å². The van der Waals surface area contributed by atoms with Crippen LogP contribution in [0.25, 0.3) is 22.0 Å². The van der Waals surface area contributed by atoms with Crippen LogP contribution in [-0.2, 0) is 4.79 Å². The molecule has 4 N–H and O–H groups in total. The standard InChI is InChI=1S/C20H23N5O/c1-25-10-8-13(9-11-25)20(26)22-19-16-12-14(6-7-18(16)23-24-19)15-4-2-3-5-17(15)21/h2-7,12-13H,8-11,21H2,1H3,(H2,22,23,24,26). The van der Waals surface area contributed by atoms with Crippen LogP contribution >= 0.6 is 0 Å². The normalized spacial score (nSPS) is 16.0. The molecule has 26 heavy (non-hydrogen) atoms. The molecule has 134 valence electrons. The molecule has 0 radical (unpaired) electrons. The number of H-pyrrole nitrogens is 1. The molecule has 2 heterocycles. The van der Waals surface area contributed by atoms with Gasteiger partial charge in [-0.15, -0.1) is 0 Å². The minimum absolute atomic E-state index is 0.0471. The summed E-state index contributed by atoms with van der Waals surface area (Å²) in [6.45, 7) is 1.91. The number of nitrogens with two attached hydrogens (primary N) is 1. The number of likely N-dealkylation sites (tertiary alicyclic amines) is 1. The first-order valence-corrected chi connectivity index (χ1v) is 8.94. The fourth-order valence-corrected chi connectivity index (χ4v) is 3.53. The number of hydrogen-bond acceptors (Lipinski definition) is 4. The van der Waals surface area contributed by atoms with Gasteiger partial charge in [-0.1, -0.05) is 24.3 Å². The number of rotatable bonds is 3. The summed E-state index contributed by atoms with van der Waals surface area (Å²) in [6.07, 6.45) is 1.77. The van der Waals surface area contributed by atoms with E-state index in [9.17, 15) is 4.79 Å². The maximum atomic E-state index is 12.6. The molecule has 0 saturated carbocycles. The molecule has 1 aromatic heterocycles. The molecule has 4 rings (SSSR count). The van der Waals surface area contributed by atoms with Gasteiger partial charge < -0.3 is 16.0 Å². The van der Waals surface area contributed by atoms with E-state index < -0.39 is 0 Å². The van der Waals surface area contributed by atoms with Crippen molar-refractivity contribution in [3.05, 3.63) is 42.5 Å². The summed E-state index contributed by atoms with van der Waals surface area (Å²) >= 11 is 0. The molecule has 3 aromatic rings. The van der Waals surface area contributed by atoms with E-state index in [1.807, 2.05) is 42.5 Å². The second-order valence-electron chi connectivity index (χ2n) is 6.99. The maximum absolute atomic E-state index is 12.6. The molecule has 0 atom stereocenters. The van der Waals surface area contributed by atoms with Gasteiger partial charge in [0.1, 0.15) is 0 Å². The Morgan fingerprint density at radius 2 is 2.00 bits per heavy atom. The van der Waals surface area contributed by atoms with Crippen molar-refractivity contribution < 1.29 is 4.79 Å². The summed E-state index contributed by atoms with van der Waals surface area (Å²) < 4.78 is 0. The van der Waals surface area contributed by atoms with Crippen molar-refractivity contribution in [3.8, 4) is 11.1 Å². The highest BCUT2D eigenvalue weighted by atomic mass is 16.2. The summed E-state index contributed by atoms with van der Waals surface area (Å²) in [6, 6.07) is 13.8. The summed E-state index contributed by atoms with van der Waals surface area (Å²) in [5, 5.41) is 11.2. The highest BCUT2D eigenvalue weighted by Crippen LogP contribution is 2.31. The van der Waals surface area contributed by atoms with E-state index in [2.05, 4.69) is 27.5 Å². The molecule has 0 unspecified atom stereocenters. The first kappa shape index (κ1) is 16.6. The molecule has 1 aliphatic rings. The second kappa shape index (κ2) is 6.80. The van der Waals surface area contributed by atoms with E-state index in [4.69, 9.17) is 5.73 Å². The van der Waals surface area contributed by atoms with Gasteiger partial charge in [-0.05, 0) is 56.7 Å². The molecule has 6 nitrogen and oxygen atoms in total. The summed E-state index contributed by atoms with van der Waals surface area (Å²) in [5.74, 6) is 0.683. The fraction of sp³-hybridized carbons (Fsp3) is 0.300. The minimum Gasteiger partial charge on any atom is -0.398 e. The smallest absolute Gasteiger partial charge is 0.228 e. The third-order valence-corrected chi connectivity index (χ3v) is 5.17. The van der Waals surface area contributed by atoms with Gasteiger partial charge in [-0.2, -0.15) is 5.10 Å². The van der Waals surface area contributed by atoms with Gasteiger partial charge in [0, 0.05) is 22.6 Å². The minimum atomic E-state index is 0.0471. The Hall–Kier alpha value is -2.86. The van der Waals surface area contributed by atoms with Gasteiger partial charge in [0.25, 0.3) is 0 Å². The largest absolute Gasteiger partial charge is 0.398 e. The van der Waals surface area contributed by atoms with E-state index >= 15 is 0 Å². The predicted molar refractivity (Wildman–Crippen MR) is 105 cm³/mol. The Balaban J connectivity index is 1.61. The van der Waals surface area contributed by atoms with Crippen molar-refractivity contribution >= 4 is 28.3 Å². The number of benzene rings is 2. The third kappa shape index (κ3) is 3.15. The number of nitrogens with one attached hydrogen (secondary N) is 2. The Bertz CT molecular complexity index is 940. The van der Waals surface area contributed by atoms with Crippen LogP contribution in [-0.4, -0.2) is 41.1 Å². The van der Waals surface area contributed by atoms with Gasteiger partial charge in [0.15, 0.2) is 5.82 Å². The number of carbonyl (C=O) groups is 1. The number of amides is 1. The molecule has 2 aromatic carbocycles. The number of carbonyl (C=O) groups excluding carboxylic acids is 1. The van der Waals surface area contributed by atoms with Gasteiger partial charge in [0.2, 0.25) is 5.91 Å². The van der Waals surface area contributed by atoms with Crippen LogP contribution in [0, 0.1) is 5.92 Å².